The topological polar surface area (TPSA) is 58.6 Å². The number of methoxy groups -OCH3 is 1. The van der Waals surface area contributed by atoms with Crippen LogP contribution in [0, 0.1) is 18.7 Å². The Morgan fingerprint density at radius 2 is 1.86 bits per heavy atom. The molecule has 5 nitrogen and oxygen atoms in total. The van der Waals surface area contributed by atoms with E-state index in [1.807, 2.05) is 31.2 Å². The van der Waals surface area contributed by atoms with Crippen molar-refractivity contribution < 1.29 is 18.7 Å². The maximum absolute atomic E-state index is 14.1. The highest BCUT2D eigenvalue weighted by atomic mass is 19.1. The van der Waals surface area contributed by atoms with Crippen molar-refractivity contribution in [2.24, 2.45) is 5.92 Å². The van der Waals surface area contributed by atoms with Gasteiger partial charge in [-0.05, 0) is 30.2 Å². The summed E-state index contributed by atoms with van der Waals surface area (Å²) in [4.78, 5) is 27.3. The Kier molecular flexibility index (Phi) is 6.41. The van der Waals surface area contributed by atoms with Crippen LogP contribution in [0.25, 0.3) is 0 Å². The van der Waals surface area contributed by atoms with Crippen molar-refractivity contribution >= 4 is 11.8 Å². The zero-order chi connectivity index (χ0) is 20.1. The molecule has 1 N–H and O–H groups in total. The molecule has 1 saturated heterocycles. The van der Waals surface area contributed by atoms with Gasteiger partial charge in [0.15, 0.2) is 0 Å². The van der Waals surface area contributed by atoms with Crippen molar-refractivity contribution in [2.75, 3.05) is 33.4 Å². The summed E-state index contributed by atoms with van der Waals surface area (Å²) in [5, 5.41) is 2.88. The highest BCUT2D eigenvalue weighted by Gasteiger charge is 2.41. The Hall–Kier alpha value is -2.73. The minimum atomic E-state index is -0.548. The number of benzene rings is 2. The fourth-order valence-electron chi connectivity index (χ4n) is 3.77. The van der Waals surface area contributed by atoms with Crippen LogP contribution in [-0.2, 0) is 9.53 Å². The molecule has 1 heterocycles. The number of nitrogens with one attached hydrogen (secondary N) is 1. The molecule has 2 amide bonds. The van der Waals surface area contributed by atoms with Crippen molar-refractivity contribution in [1.82, 2.24) is 10.2 Å². The van der Waals surface area contributed by atoms with Crippen molar-refractivity contribution in [3.05, 3.63) is 71.0 Å². The van der Waals surface area contributed by atoms with E-state index in [9.17, 15) is 14.0 Å². The van der Waals surface area contributed by atoms with Gasteiger partial charge < -0.3 is 15.0 Å². The highest BCUT2D eigenvalue weighted by Crippen LogP contribution is 2.35. The molecule has 1 aliphatic heterocycles. The summed E-state index contributed by atoms with van der Waals surface area (Å²) in [6.07, 6.45) is 0. The van der Waals surface area contributed by atoms with Crippen LogP contribution in [0.4, 0.5) is 4.39 Å². The molecule has 0 spiro atoms. The Morgan fingerprint density at radius 3 is 2.57 bits per heavy atom. The van der Waals surface area contributed by atoms with E-state index in [-0.39, 0.29) is 29.8 Å². The molecular formula is C22H25FN2O3. The number of hydrogen-bond donors (Lipinski definition) is 1. The van der Waals surface area contributed by atoms with Gasteiger partial charge in [-0.25, -0.2) is 4.39 Å². The van der Waals surface area contributed by atoms with Crippen LogP contribution < -0.4 is 5.32 Å². The third-order valence-corrected chi connectivity index (χ3v) is 5.24. The normalized spacial score (nSPS) is 18.9. The van der Waals surface area contributed by atoms with Crippen LogP contribution in [0.1, 0.15) is 27.4 Å². The number of amides is 2. The lowest BCUT2D eigenvalue weighted by Crippen LogP contribution is -2.37. The van der Waals surface area contributed by atoms with E-state index in [1.54, 1.807) is 24.1 Å². The molecular weight excluding hydrogens is 359 g/mol. The third-order valence-electron chi connectivity index (χ3n) is 5.24. The average Bonchev–Trinajstić information content (AvgIpc) is 3.13. The third kappa shape index (κ3) is 4.22. The Morgan fingerprint density at radius 1 is 1.14 bits per heavy atom. The van der Waals surface area contributed by atoms with Crippen LogP contribution in [0.15, 0.2) is 48.5 Å². The van der Waals surface area contributed by atoms with E-state index in [1.165, 1.54) is 12.1 Å². The molecule has 2 atom stereocenters. The van der Waals surface area contributed by atoms with Gasteiger partial charge in [-0.2, -0.15) is 0 Å². The van der Waals surface area contributed by atoms with Gasteiger partial charge in [0, 0.05) is 32.7 Å². The largest absolute Gasteiger partial charge is 0.383 e. The fourth-order valence-corrected chi connectivity index (χ4v) is 3.77. The lowest BCUT2D eigenvalue weighted by molar-refractivity contribution is -0.125. The minimum Gasteiger partial charge on any atom is -0.383 e. The number of carbonyl (C=O) groups excluding carboxylic acids is 2. The molecule has 1 fully saturated rings. The van der Waals surface area contributed by atoms with Crippen molar-refractivity contribution in [1.29, 1.82) is 0 Å². The number of nitrogens with zero attached hydrogens (tertiary/aromatic N) is 1. The van der Waals surface area contributed by atoms with Gasteiger partial charge in [0.2, 0.25) is 5.91 Å². The maximum atomic E-state index is 14.1. The molecule has 0 bridgehead atoms. The molecule has 1 aliphatic rings. The number of rotatable bonds is 6. The molecule has 0 aromatic heterocycles. The van der Waals surface area contributed by atoms with E-state index < -0.39 is 11.7 Å². The number of likely N-dealkylation sites (tertiary alicyclic amines) is 1. The van der Waals surface area contributed by atoms with Crippen LogP contribution in [0.2, 0.25) is 0 Å². The zero-order valence-corrected chi connectivity index (χ0v) is 16.2. The van der Waals surface area contributed by atoms with Crippen LogP contribution >= 0.6 is 0 Å². The lowest BCUT2D eigenvalue weighted by Gasteiger charge is -2.19. The molecule has 0 aliphatic carbocycles. The minimum absolute atomic E-state index is 0.0338. The summed E-state index contributed by atoms with van der Waals surface area (Å²) in [6, 6.07) is 13.8. The van der Waals surface area contributed by atoms with Crippen LogP contribution in [0.5, 0.6) is 0 Å². The summed E-state index contributed by atoms with van der Waals surface area (Å²) in [7, 11) is 1.58. The average molecular weight is 384 g/mol. The smallest absolute Gasteiger partial charge is 0.256 e. The number of hydrogen-bond acceptors (Lipinski definition) is 3. The first-order valence-corrected chi connectivity index (χ1v) is 9.39. The predicted molar refractivity (Wildman–Crippen MR) is 105 cm³/mol. The van der Waals surface area contributed by atoms with Crippen LogP contribution in [0.3, 0.4) is 0 Å². The van der Waals surface area contributed by atoms with Gasteiger partial charge in [-0.1, -0.05) is 36.4 Å². The molecule has 0 unspecified atom stereocenters. The Labute approximate surface area is 164 Å². The van der Waals surface area contributed by atoms with Crippen LogP contribution in [-0.4, -0.2) is 50.1 Å². The number of ether oxygens (including phenoxy) is 1. The van der Waals surface area contributed by atoms with Gasteiger partial charge in [0.25, 0.3) is 5.91 Å². The first-order valence-electron chi connectivity index (χ1n) is 9.39. The first-order chi connectivity index (χ1) is 13.5. The van der Waals surface area contributed by atoms with Crippen molar-refractivity contribution in [3.63, 3.8) is 0 Å². The lowest BCUT2D eigenvalue weighted by atomic mass is 9.86. The summed E-state index contributed by atoms with van der Waals surface area (Å²) in [5.74, 6) is -1.58. The van der Waals surface area contributed by atoms with E-state index in [0.717, 1.165) is 11.1 Å². The molecule has 2 aromatic carbocycles. The summed E-state index contributed by atoms with van der Waals surface area (Å²) < 4.78 is 19.1. The molecule has 2 aromatic rings. The standard InChI is InChI=1S/C22H25FN2O3/c1-15-7-3-4-8-16(15)18-13-25(14-19(18)21(26)24-11-12-28-2)22(27)17-9-5-6-10-20(17)23/h3-10,18-19H,11-14H2,1-2H3,(H,24,26)/t18-,19-/m1/s1. The molecule has 0 radical (unpaired) electrons. The maximum Gasteiger partial charge on any atom is 0.256 e. The van der Waals surface area contributed by atoms with E-state index >= 15 is 0 Å². The first kappa shape index (κ1) is 20.0. The van der Waals surface area contributed by atoms with E-state index in [0.29, 0.717) is 19.7 Å². The predicted octanol–water partition coefficient (Wildman–Crippen LogP) is 2.75. The van der Waals surface area contributed by atoms with Gasteiger partial charge in [-0.3, -0.25) is 9.59 Å². The van der Waals surface area contributed by atoms with Crippen molar-refractivity contribution in [2.45, 2.75) is 12.8 Å². The fraction of sp³-hybridized carbons (Fsp3) is 0.364. The SMILES string of the molecule is COCCNC(=O)[C@@H]1CN(C(=O)c2ccccc2F)C[C@@H]1c1ccccc1C. The summed E-state index contributed by atoms with van der Waals surface area (Å²) in [6.45, 7) is 3.46. The van der Waals surface area contributed by atoms with Crippen molar-refractivity contribution in [3.8, 4) is 0 Å². The Balaban J connectivity index is 1.86. The number of aryl methyl sites for hydroxylation is 1. The van der Waals surface area contributed by atoms with Gasteiger partial charge in [-0.15, -0.1) is 0 Å². The zero-order valence-electron chi connectivity index (χ0n) is 16.2. The molecule has 28 heavy (non-hydrogen) atoms. The highest BCUT2D eigenvalue weighted by molar-refractivity contribution is 5.95. The van der Waals surface area contributed by atoms with E-state index in [4.69, 9.17) is 4.74 Å². The molecule has 148 valence electrons. The Bertz CT molecular complexity index is 855. The second-order valence-electron chi connectivity index (χ2n) is 7.04. The molecule has 3 rings (SSSR count). The van der Waals surface area contributed by atoms with E-state index in [2.05, 4.69) is 5.32 Å². The quantitative estimate of drug-likeness (QED) is 0.779. The molecule has 6 heteroatoms. The van der Waals surface area contributed by atoms with Gasteiger partial charge >= 0.3 is 0 Å². The second kappa shape index (κ2) is 8.97. The second-order valence-corrected chi connectivity index (χ2v) is 7.04. The monoisotopic (exact) mass is 384 g/mol. The molecule has 0 saturated carbocycles. The van der Waals surface area contributed by atoms with Gasteiger partial charge in [0.1, 0.15) is 5.82 Å². The number of carbonyl (C=O) groups is 2. The van der Waals surface area contributed by atoms with Gasteiger partial charge in [0.05, 0.1) is 18.1 Å². The summed E-state index contributed by atoms with van der Waals surface area (Å²) >= 11 is 0. The number of halogens is 1. The summed E-state index contributed by atoms with van der Waals surface area (Å²) in [5.41, 5.74) is 2.15.